The lowest BCUT2D eigenvalue weighted by atomic mass is 9.81. The first-order valence-electron chi connectivity index (χ1n) is 11.9. The van der Waals surface area contributed by atoms with Gasteiger partial charge in [0, 0.05) is 55.5 Å². The number of ether oxygens (including phenoxy) is 1. The van der Waals surface area contributed by atoms with Crippen molar-refractivity contribution < 1.29 is 13.9 Å². The van der Waals surface area contributed by atoms with Crippen LogP contribution in [0.1, 0.15) is 36.0 Å². The van der Waals surface area contributed by atoms with E-state index in [0.29, 0.717) is 29.3 Å². The molecule has 2 fully saturated rings. The maximum atomic E-state index is 15.1. The lowest BCUT2D eigenvalue weighted by Crippen LogP contribution is -2.45. The van der Waals surface area contributed by atoms with Crippen LogP contribution in [-0.4, -0.2) is 56.4 Å². The van der Waals surface area contributed by atoms with Gasteiger partial charge in [-0.3, -0.25) is 14.7 Å². The quantitative estimate of drug-likeness (QED) is 0.691. The Kier molecular flexibility index (Phi) is 6.23. The van der Waals surface area contributed by atoms with Crippen molar-refractivity contribution in [2.45, 2.75) is 37.3 Å². The van der Waals surface area contributed by atoms with E-state index in [4.69, 9.17) is 10.5 Å². The minimum Gasteiger partial charge on any atom is -0.404 e. The number of benzene rings is 2. The standard InChI is InChI=1S/C27H31FN4O2/c1-30-15-21(14-29)19-8-9-20(24(28)13-19)16-32-25-7-3-2-6-23(25)27(26(32)33)10-11-31(18-27)22-5-4-12-34-17-22/h2-3,6-9,13-15,22H,4-5,10-12,16-18,29H2,1H3/b21-14+,30-15?. The largest absolute Gasteiger partial charge is 0.404 e. The third-order valence-corrected chi connectivity index (χ3v) is 7.48. The van der Waals surface area contributed by atoms with E-state index in [-0.39, 0.29) is 18.3 Å². The minimum atomic E-state index is -0.572. The highest BCUT2D eigenvalue weighted by Crippen LogP contribution is 2.48. The number of hydrogen-bond acceptors (Lipinski definition) is 5. The number of aliphatic imine (C=N–C) groups is 1. The van der Waals surface area contributed by atoms with Crippen molar-refractivity contribution in [3.63, 3.8) is 0 Å². The van der Waals surface area contributed by atoms with Crippen molar-refractivity contribution in [2.75, 3.05) is 38.3 Å². The van der Waals surface area contributed by atoms with Gasteiger partial charge < -0.3 is 15.4 Å². The molecule has 3 heterocycles. The molecule has 7 heteroatoms. The summed E-state index contributed by atoms with van der Waals surface area (Å²) in [4.78, 5) is 22.1. The molecule has 3 aliphatic rings. The highest BCUT2D eigenvalue weighted by atomic mass is 19.1. The zero-order valence-corrected chi connectivity index (χ0v) is 19.5. The van der Waals surface area contributed by atoms with E-state index in [1.807, 2.05) is 24.3 Å². The second-order valence-corrected chi connectivity index (χ2v) is 9.40. The third-order valence-electron chi connectivity index (χ3n) is 7.48. The van der Waals surface area contributed by atoms with Gasteiger partial charge in [0.2, 0.25) is 5.91 Å². The summed E-state index contributed by atoms with van der Waals surface area (Å²) in [6, 6.07) is 13.4. The fourth-order valence-corrected chi connectivity index (χ4v) is 5.69. The number of carbonyl (C=O) groups excluding carboxylic acids is 1. The monoisotopic (exact) mass is 462 g/mol. The molecule has 0 aliphatic carbocycles. The molecule has 2 unspecified atom stereocenters. The first-order valence-corrected chi connectivity index (χ1v) is 11.9. The van der Waals surface area contributed by atoms with Gasteiger partial charge in [0.05, 0.1) is 18.6 Å². The molecule has 0 radical (unpaired) electrons. The Morgan fingerprint density at radius 1 is 1.32 bits per heavy atom. The van der Waals surface area contributed by atoms with Crippen LogP contribution in [0.3, 0.4) is 0 Å². The highest BCUT2D eigenvalue weighted by Gasteiger charge is 2.55. The van der Waals surface area contributed by atoms with Crippen molar-refractivity contribution in [3.8, 4) is 0 Å². The second-order valence-electron chi connectivity index (χ2n) is 9.40. The fraction of sp³-hybridized carbons (Fsp3) is 0.407. The van der Waals surface area contributed by atoms with Gasteiger partial charge in [0.15, 0.2) is 0 Å². The van der Waals surface area contributed by atoms with Gasteiger partial charge in [0.25, 0.3) is 0 Å². The predicted octanol–water partition coefficient (Wildman–Crippen LogP) is 3.50. The summed E-state index contributed by atoms with van der Waals surface area (Å²) in [5.41, 5.74) is 8.82. The van der Waals surface area contributed by atoms with Crippen LogP contribution < -0.4 is 10.6 Å². The molecule has 2 aromatic carbocycles. The van der Waals surface area contributed by atoms with Crippen molar-refractivity contribution in [1.29, 1.82) is 0 Å². The number of carbonyl (C=O) groups is 1. The van der Waals surface area contributed by atoms with Crippen LogP contribution in [0.2, 0.25) is 0 Å². The van der Waals surface area contributed by atoms with Crippen LogP contribution in [0.5, 0.6) is 0 Å². The Bertz CT molecular complexity index is 1140. The maximum Gasteiger partial charge on any atom is 0.239 e. The lowest BCUT2D eigenvalue weighted by molar-refractivity contribution is -0.123. The molecule has 2 atom stereocenters. The van der Waals surface area contributed by atoms with E-state index in [9.17, 15) is 4.79 Å². The Labute approximate surface area is 199 Å². The maximum absolute atomic E-state index is 15.1. The summed E-state index contributed by atoms with van der Waals surface area (Å²) in [5.74, 6) is -0.294. The summed E-state index contributed by atoms with van der Waals surface area (Å²) in [6.45, 7) is 3.31. The summed E-state index contributed by atoms with van der Waals surface area (Å²) < 4.78 is 20.9. The molecule has 3 aliphatic heterocycles. The molecule has 0 saturated carbocycles. The smallest absolute Gasteiger partial charge is 0.239 e. The molecule has 2 saturated heterocycles. The molecule has 178 valence electrons. The summed E-state index contributed by atoms with van der Waals surface area (Å²) in [6.07, 6.45) is 5.95. The molecule has 1 amide bonds. The van der Waals surface area contributed by atoms with Gasteiger partial charge >= 0.3 is 0 Å². The van der Waals surface area contributed by atoms with Gasteiger partial charge in [-0.15, -0.1) is 0 Å². The lowest BCUT2D eigenvalue weighted by Gasteiger charge is -2.32. The Morgan fingerprint density at radius 3 is 2.91 bits per heavy atom. The summed E-state index contributed by atoms with van der Waals surface area (Å²) >= 11 is 0. The molecule has 6 nitrogen and oxygen atoms in total. The van der Waals surface area contributed by atoms with Gasteiger partial charge in [-0.1, -0.05) is 30.3 Å². The first kappa shape index (κ1) is 22.7. The highest BCUT2D eigenvalue weighted by molar-refractivity contribution is 6.10. The molecule has 5 rings (SSSR count). The number of allylic oxidation sites excluding steroid dienone is 1. The van der Waals surface area contributed by atoms with Gasteiger partial charge in [-0.05, 0) is 49.1 Å². The van der Waals surface area contributed by atoms with Crippen molar-refractivity contribution in [2.24, 2.45) is 10.7 Å². The number of anilines is 1. The average Bonchev–Trinajstić information content (AvgIpc) is 3.41. The zero-order valence-electron chi connectivity index (χ0n) is 19.5. The average molecular weight is 463 g/mol. The third kappa shape index (κ3) is 3.83. The number of hydrogen-bond donors (Lipinski definition) is 1. The molecule has 2 aromatic rings. The molecule has 34 heavy (non-hydrogen) atoms. The van der Waals surface area contributed by atoms with Gasteiger partial charge in [-0.2, -0.15) is 0 Å². The number of likely N-dealkylation sites (tertiary alicyclic amines) is 1. The first-order chi connectivity index (χ1) is 16.6. The fourth-order valence-electron chi connectivity index (χ4n) is 5.69. The van der Waals surface area contributed by atoms with E-state index in [0.717, 1.165) is 50.3 Å². The normalized spacial score (nSPS) is 25.6. The molecule has 1 spiro atoms. The number of para-hydroxylation sites is 1. The Balaban J connectivity index is 1.42. The summed E-state index contributed by atoms with van der Waals surface area (Å²) in [5, 5.41) is 0. The van der Waals surface area contributed by atoms with E-state index in [2.05, 4.69) is 16.0 Å². The number of amides is 1. The minimum absolute atomic E-state index is 0.0667. The van der Waals surface area contributed by atoms with Crippen LogP contribution in [-0.2, 0) is 21.5 Å². The molecule has 2 N–H and O–H groups in total. The zero-order chi connectivity index (χ0) is 23.7. The van der Waals surface area contributed by atoms with Crippen molar-refractivity contribution >= 4 is 23.4 Å². The number of halogens is 1. The van der Waals surface area contributed by atoms with Gasteiger partial charge in [0.1, 0.15) is 5.82 Å². The van der Waals surface area contributed by atoms with Crippen LogP contribution in [0.25, 0.3) is 5.57 Å². The van der Waals surface area contributed by atoms with E-state index in [1.165, 1.54) is 12.3 Å². The SMILES string of the molecule is CN=C/C(=C\N)c1ccc(CN2C(=O)C3(CCN(C4CCCOC4)C3)c3ccccc32)c(F)c1. The predicted molar refractivity (Wildman–Crippen MR) is 132 cm³/mol. The Hall–Kier alpha value is -3.03. The number of fused-ring (bicyclic) bond motifs is 2. The Morgan fingerprint density at radius 2 is 2.18 bits per heavy atom. The van der Waals surface area contributed by atoms with E-state index in [1.54, 1.807) is 24.2 Å². The van der Waals surface area contributed by atoms with Crippen LogP contribution >= 0.6 is 0 Å². The molecule has 0 bridgehead atoms. The topological polar surface area (TPSA) is 71.2 Å². The van der Waals surface area contributed by atoms with Gasteiger partial charge in [-0.25, -0.2) is 4.39 Å². The number of rotatable bonds is 5. The molecular formula is C27H31FN4O2. The second kappa shape index (κ2) is 9.31. The van der Waals surface area contributed by atoms with Crippen LogP contribution in [0.4, 0.5) is 10.1 Å². The van der Waals surface area contributed by atoms with Crippen LogP contribution in [0, 0.1) is 5.82 Å². The van der Waals surface area contributed by atoms with Crippen molar-refractivity contribution in [1.82, 2.24) is 4.90 Å². The molecule has 0 aromatic heterocycles. The number of nitrogens with zero attached hydrogens (tertiary/aromatic N) is 3. The number of nitrogens with two attached hydrogens (primary N) is 1. The van der Waals surface area contributed by atoms with E-state index >= 15 is 4.39 Å². The summed E-state index contributed by atoms with van der Waals surface area (Å²) in [7, 11) is 1.64. The van der Waals surface area contributed by atoms with Crippen molar-refractivity contribution in [3.05, 3.63) is 71.2 Å². The van der Waals surface area contributed by atoms with E-state index < -0.39 is 5.41 Å². The van der Waals surface area contributed by atoms with Crippen LogP contribution in [0.15, 0.2) is 53.7 Å². The molecular weight excluding hydrogens is 431 g/mol.